The normalized spacial score (nSPS) is 20.4. The van der Waals surface area contributed by atoms with Crippen LogP contribution >= 0.6 is 11.6 Å². The van der Waals surface area contributed by atoms with Gasteiger partial charge in [-0.05, 0) is 68.6 Å². The molecule has 1 aromatic rings. The van der Waals surface area contributed by atoms with Crippen molar-refractivity contribution in [3.8, 4) is 5.75 Å². The minimum atomic E-state index is -0.0764. The van der Waals surface area contributed by atoms with Gasteiger partial charge in [0.25, 0.3) is 5.91 Å². The Kier molecular flexibility index (Phi) is 5.55. The van der Waals surface area contributed by atoms with E-state index in [9.17, 15) is 9.59 Å². The van der Waals surface area contributed by atoms with E-state index in [0.717, 1.165) is 24.7 Å². The summed E-state index contributed by atoms with van der Waals surface area (Å²) in [6, 6.07) is 5.54. The number of nitrogens with zero attached hydrogens (tertiary/aromatic N) is 2. The molecule has 1 heterocycles. The number of methoxy groups -OCH3 is 1. The van der Waals surface area contributed by atoms with Crippen molar-refractivity contribution in [2.24, 2.45) is 17.8 Å². The Morgan fingerprint density at radius 2 is 1.71 bits per heavy atom. The SMILES string of the molecule is COc1ccc(Cl)cc1C(=O)N1CCC(C(=O)N(C)C(C2CC2)C2CC2)CC1. The lowest BCUT2D eigenvalue weighted by Crippen LogP contribution is -2.47. The van der Waals surface area contributed by atoms with Gasteiger partial charge in [-0.15, -0.1) is 0 Å². The van der Waals surface area contributed by atoms with Crippen LogP contribution in [0.4, 0.5) is 0 Å². The second-order valence-electron chi connectivity index (χ2n) is 8.53. The molecule has 152 valence electrons. The van der Waals surface area contributed by atoms with E-state index >= 15 is 0 Å². The van der Waals surface area contributed by atoms with Crippen LogP contribution in [0.3, 0.4) is 0 Å². The molecule has 0 spiro atoms. The maximum absolute atomic E-state index is 13.1. The van der Waals surface area contributed by atoms with E-state index < -0.39 is 0 Å². The summed E-state index contributed by atoms with van der Waals surface area (Å²) in [4.78, 5) is 29.9. The fourth-order valence-electron chi connectivity index (χ4n) is 4.67. The minimum absolute atomic E-state index is 0.0234. The molecule has 5 nitrogen and oxygen atoms in total. The zero-order valence-electron chi connectivity index (χ0n) is 16.7. The number of benzene rings is 1. The van der Waals surface area contributed by atoms with Crippen molar-refractivity contribution in [2.75, 3.05) is 27.2 Å². The van der Waals surface area contributed by atoms with E-state index in [-0.39, 0.29) is 17.7 Å². The highest BCUT2D eigenvalue weighted by Crippen LogP contribution is 2.47. The number of likely N-dealkylation sites (tertiary alicyclic amines) is 1. The van der Waals surface area contributed by atoms with Gasteiger partial charge >= 0.3 is 0 Å². The number of piperidine rings is 1. The average Bonchev–Trinajstić information content (AvgIpc) is 3.62. The largest absolute Gasteiger partial charge is 0.496 e. The molecule has 2 aliphatic carbocycles. The number of carbonyl (C=O) groups is 2. The van der Waals surface area contributed by atoms with Crippen LogP contribution in [0.2, 0.25) is 5.02 Å². The summed E-state index contributed by atoms with van der Waals surface area (Å²) in [7, 11) is 3.55. The molecule has 0 atom stereocenters. The molecular formula is C22H29ClN2O3. The zero-order valence-corrected chi connectivity index (χ0v) is 17.5. The molecule has 0 radical (unpaired) electrons. The van der Waals surface area contributed by atoms with E-state index in [0.29, 0.717) is 35.5 Å². The van der Waals surface area contributed by atoms with E-state index in [1.54, 1.807) is 25.3 Å². The van der Waals surface area contributed by atoms with Crippen LogP contribution in [0, 0.1) is 17.8 Å². The van der Waals surface area contributed by atoms with Crippen molar-refractivity contribution in [3.63, 3.8) is 0 Å². The Labute approximate surface area is 172 Å². The highest BCUT2D eigenvalue weighted by molar-refractivity contribution is 6.31. The van der Waals surface area contributed by atoms with Crippen molar-refractivity contribution in [1.82, 2.24) is 9.80 Å². The molecule has 28 heavy (non-hydrogen) atoms. The second-order valence-corrected chi connectivity index (χ2v) is 8.96. The fourth-order valence-corrected chi connectivity index (χ4v) is 4.85. The predicted octanol–water partition coefficient (Wildman–Crippen LogP) is 3.85. The van der Waals surface area contributed by atoms with Crippen LogP contribution in [0.15, 0.2) is 18.2 Å². The molecule has 6 heteroatoms. The van der Waals surface area contributed by atoms with Gasteiger partial charge in [0.2, 0.25) is 5.91 Å². The number of rotatable bonds is 6. The maximum Gasteiger partial charge on any atom is 0.257 e. The van der Waals surface area contributed by atoms with Crippen LogP contribution < -0.4 is 4.74 Å². The Morgan fingerprint density at radius 3 is 2.25 bits per heavy atom. The first-order valence-corrected chi connectivity index (χ1v) is 10.8. The maximum atomic E-state index is 13.1. The molecule has 2 saturated carbocycles. The van der Waals surface area contributed by atoms with Crippen molar-refractivity contribution in [3.05, 3.63) is 28.8 Å². The summed E-state index contributed by atoms with van der Waals surface area (Å²) in [5, 5.41) is 0.516. The first kappa shape index (κ1) is 19.6. The van der Waals surface area contributed by atoms with Gasteiger partial charge in [-0.25, -0.2) is 0 Å². The van der Waals surface area contributed by atoms with E-state index in [1.165, 1.54) is 25.7 Å². The lowest BCUT2D eigenvalue weighted by molar-refractivity contribution is -0.138. The summed E-state index contributed by atoms with van der Waals surface area (Å²) in [5.41, 5.74) is 0.486. The third-order valence-corrected chi connectivity index (χ3v) is 6.76. The average molecular weight is 405 g/mol. The van der Waals surface area contributed by atoms with Crippen LogP contribution in [0.5, 0.6) is 5.75 Å². The second kappa shape index (κ2) is 7.94. The highest BCUT2D eigenvalue weighted by atomic mass is 35.5. The Balaban J connectivity index is 1.37. The number of hydrogen-bond acceptors (Lipinski definition) is 3. The monoisotopic (exact) mass is 404 g/mol. The molecule has 3 aliphatic rings. The highest BCUT2D eigenvalue weighted by Gasteiger charge is 2.46. The zero-order chi connectivity index (χ0) is 19.8. The van der Waals surface area contributed by atoms with Crippen LogP contribution in [0.25, 0.3) is 0 Å². The number of halogens is 1. The molecule has 0 aromatic heterocycles. The number of carbonyl (C=O) groups excluding carboxylic acids is 2. The van der Waals surface area contributed by atoms with Gasteiger partial charge in [0, 0.05) is 37.1 Å². The molecule has 1 saturated heterocycles. The van der Waals surface area contributed by atoms with Gasteiger partial charge in [0.05, 0.1) is 12.7 Å². The van der Waals surface area contributed by atoms with Gasteiger partial charge in [0.1, 0.15) is 5.75 Å². The molecule has 0 N–H and O–H groups in total. The number of ether oxygens (including phenoxy) is 1. The molecule has 3 fully saturated rings. The van der Waals surface area contributed by atoms with Crippen molar-refractivity contribution in [2.45, 2.75) is 44.6 Å². The van der Waals surface area contributed by atoms with E-state index in [2.05, 4.69) is 4.90 Å². The molecule has 0 bridgehead atoms. The smallest absolute Gasteiger partial charge is 0.257 e. The van der Waals surface area contributed by atoms with Crippen LogP contribution in [0.1, 0.15) is 48.9 Å². The molecule has 1 aliphatic heterocycles. The Hall–Kier alpha value is -1.75. The summed E-state index contributed by atoms with van der Waals surface area (Å²) in [5.74, 6) is 2.19. The van der Waals surface area contributed by atoms with E-state index in [4.69, 9.17) is 16.3 Å². The number of amides is 2. The standard InChI is InChI=1S/C22H29ClN2O3/c1-24(20(14-3-4-14)15-5-6-15)21(26)16-9-11-25(12-10-16)22(27)18-13-17(23)7-8-19(18)28-2/h7-8,13-16,20H,3-6,9-12H2,1-2H3. The van der Waals surface area contributed by atoms with Crippen molar-refractivity contribution < 1.29 is 14.3 Å². The van der Waals surface area contributed by atoms with Gasteiger partial charge in [-0.1, -0.05) is 11.6 Å². The molecule has 0 unspecified atom stereocenters. The minimum Gasteiger partial charge on any atom is -0.496 e. The summed E-state index contributed by atoms with van der Waals surface area (Å²) < 4.78 is 5.32. The predicted molar refractivity (Wildman–Crippen MR) is 109 cm³/mol. The van der Waals surface area contributed by atoms with Crippen LogP contribution in [-0.2, 0) is 4.79 Å². The fraction of sp³-hybridized carbons (Fsp3) is 0.636. The molecule has 1 aromatic carbocycles. The molecule has 2 amide bonds. The molecule has 4 rings (SSSR count). The topological polar surface area (TPSA) is 49.9 Å². The van der Waals surface area contributed by atoms with E-state index in [1.807, 2.05) is 11.9 Å². The number of hydrogen-bond donors (Lipinski definition) is 0. The van der Waals surface area contributed by atoms with Crippen molar-refractivity contribution in [1.29, 1.82) is 0 Å². The quantitative estimate of drug-likeness (QED) is 0.723. The van der Waals surface area contributed by atoms with Gasteiger partial charge in [-0.3, -0.25) is 9.59 Å². The first-order chi connectivity index (χ1) is 13.5. The third kappa shape index (κ3) is 4.00. The Bertz CT molecular complexity index is 740. The first-order valence-electron chi connectivity index (χ1n) is 10.4. The van der Waals surface area contributed by atoms with Crippen LogP contribution in [-0.4, -0.2) is 54.9 Å². The Morgan fingerprint density at radius 1 is 1.11 bits per heavy atom. The molecular weight excluding hydrogens is 376 g/mol. The lowest BCUT2D eigenvalue weighted by Gasteiger charge is -2.36. The van der Waals surface area contributed by atoms with Gasteiger partial charge in [0.15, 0.2) is 0 Å². The van der Waals surface area contributed by atoms with Crippen molar-refractivity contribution >= 4 is 23.4 Å². The third-order valence-electron chi connectivity index (χ3n) is 6.53. The van der Waals surface area contributed by atoms with Gasteiger partial charge < -0.3 is 14.5 Å². The summed E-state index contributed by atoms with van der Waals surface area (Å²) in [6.07, 6.45) is 6.53. The summed E-state index contributed by atoms with van der Waals surface area (Å²) >= 11 is 6.07. The summed E-state index contributed by atoms with van der Waals surface area (Å²) in [6.45, 7) is 1.19. The van der Waals surface area contributed by atoms with Gasteiger partial charge in [-0.2, -0.15) is 0 Å². The lowest BCUT2D eigenvalue weighted by atomic mass is 9.93.